The topological polar surface area (TPSA) is 161 Å². The van der Waals surface area contributed by atoms with Crippen molar-refractivity contribution in [3.05, 3.63) is 52.3 Å². The number of aromatic nitrogens is 1. The van der Waals surface area contributed by atoms with Crippen LogP contribution in [0, 0.1) is 10.1 Å². The number of carbonyl (C=O) groups excluding carboxylic acids is 2. The molecule has 0 aliphatic heterocycles. The number of nitro benzene ring substituents is 1. The number of primary amides is 1. The van der Waals surface area contributed by atoms with Crippen molar-refractivity contribution in [2.75, 3.05) is 5.73 Å². The fraction of sp³-hybridized carbons (Fsp3) is 0. The van der Waals surface area contributed by atoms with E-state index in [1.54, 1.807) is 0 Å². The lowest BCUT2D eigenvalue weighted by atomic mass is 10.2. The zero-order valence-electron chi connectivity index (χ0n) is 11.5. The van der Waals surface area contributed by atoms with E-state index in [0.717, 1.165) is 6.07 Å². The normalized spacial score (nSPS) is 9.91. The van der Waals surface area contributed by atoms with Crippen LogP contribution in [0.1, 0.15) is 10.5 Å². The van der Waals surface area contributed by atoms with E-state index >= 15 is 0 Å². The lowest BCUT2D eigenvalue weighted by Crippen LogP contribution is -2.19. The quantitative estimate of drug-likeness (QED) is 0.282. The van der Waals surface area contributed by atoms with E-state index in [9.17, 15) is 19.7 Å². The molecular formula is C13H10N4O6. The number of benzene rings is 1. The van der Waals surface area contributed by atoms with Gasteiger partial charge in [0.1, 0.15) is 17.2 Å². The van der Waals surface area contributed by atoms with Crippen molar-refractivity contribution in [1.29, 1.82) is 0 Å². The van der Waals surface area contributed by atoms with Crippen LogP contribution in [0.2, 0.25) is 0 Å². The molecule has 2 rings (SSSR count). The van der Waals surface area contributed by atoms with Gasteiger partial charge in [0.2, 0.25) is 0 Å². The third-order valence-electron chi connectivity index (χ3n) is 2.57. The van der Waals surface area contributed by atoms with Crippen molar-refractivity contribution in [2.24, 2.45) is 5.73 Å². The van der Waals surface area contributed by atoms with Crippen LogP contribution in [0.5, 0.6) is 11.5 Å². The summed E-state index contributed by atoms with van der Waals surface area (Å²) in [6.45, 7) is 0. The van der Waals surface area contributed by atoms with Crippen molar-refractivity contribution < 1.29 is 24.0 Å². The summed E-state index contributed by atoms with van der Waals surface area (Å²) in [7, 11) is 0. The molecule has 10 nitrogen and oxygen atoms in total. The van der Waals surface area contributed by atoms with Crippen LogP contribution in [0.15, 0.2) is 36.5 Å². The average Bonchev–Trinajstić information content (AvgIpc) is 2.48. The van der Waals surface area contributed by atoms with Gasteiger partial charge in [-0.1, -0.05) is 0 Å². The zero-order valence-corrected chi connectivity index (χ0v) is 11.5. The van der Waals surface area contributed by atoms with Crippen molar-refractivity contribution in [3.63, 3.8) is 0 Å². The van der Waals surface area contributed by atoms with E-state index in [1.807, 2.05) is 0 Å². The van der Waals surface area contributed by atoms with Gasteiger partial charge in [-0.05, 0) is 18.2 Å². The van der Waals surface area contributed by atoms with Crippen molar-refractivity contribution in [1.82, 2.24) is 4.98 Å². The monoisotopic (exact) mass is 318 g/mol. The summed E-state index contributed by atoms with van der Waals surface area (Å²) in [6.07, 6.45) is -0.0317. The van der Waals surface area contributed by atoms with Gasteiger partial charge >= 0.3 is 12.1 Å². The summed E-state index contributed by atoms with van der Waals surface area (Å²) >= 11 is 0. The number of rotatable bonds is 4. The molecule has 118 valence electrons. The number of esters is 1. The molecule has 0 fully saturated rings. The summed E-state index contributed by atoms with van der Waals surface area (Å²) in [4.78, 5) is 35.9. The van der Waals surface area contributed by atoms with Gasteiger partial charge < -0.3 is 20.9 Å². The molecule has 0 bridgehead atoms. The lowest BCUT2D eigenvalue weighted by molar-refractivity contribution is -0.384. The number of carbonyl (C=O) groups is 2. The van der Waals surface area contributed by atoms with Crippen LogP contribution in [0.3, 0.4) is 0 Å². The number of amides is 1. The first-order chi connectivity index (χ1) is 10.9. The molecule has 0 saturated carbocycles. The van der Waals surface area contributed by atoms with E-state index in [-0.39, 0.29) is 28.6 Å². The SMILES string of the molecule is NC(=O)OC(=O)c1cc(Oc2ccc(N)c([N+](=O)[O-])c2)ccn1. The van der Waals surface area contributed by atoms with Crippen LogP contribution >= 0.6 is 0 Å². The minimum absolute atomic E-state index is 0.0113. The molecule has 1 aromatic carbocycles. The first-order valence-corrected chi connectivity index (χ1v) is 6.06. The second-order valence-corrected chi connectivity index (χ2v) is 4.17. The van der Waals surface area contributed by atoms with Crippen molar-refractivity contribution in [2.45, 2.75) is 0 Å². The summed E-state index contributed by atoms with van der Waals surface area (Å²) in [6, 6.07) is 6.47. The predicted octanol–water partition coefficient (Wildman–Crippen LogP) is 1.60. The molecule has 2 aromatic rings. The van der Waals surface area contributed by atoms with Crippen molar-refractivity contribution in [3.8, 4) is 11.5 Å². The number of ether oxygens (including phenoxy) is 2. The highest BCUT2D eigenvalue weighted by atomic mass is 16.6. The first-order valence-electron chi connectivity index (χ1n) is 6.06. The molecule has 1 amide bonds. The second-order valence-electron chi connectivity index (χ2n) is 4.17. The number of nitrogens with two attached hydrogens (primary N) is 2. The van der Waals surface area contributed by atoms with Gasteiger partial charge in [0.15, 0.2) is 5.69 Å². The van der Waals surface area contributed by atoms with Crippen LogP contribution in [-0.2, 0) is 4.74 Å². The Morgan fingerprint density at radius 3 is 2.52 bits per heavy atom. The van der Waals surface area contributed by atoms with E-state index < -0.39 is 17.0 Å². The summed E-state index contributed by atoms with van der Waals surface area (Å²) in [5, 5.41) is 10.8. The van der Waals surface area contributed by atoms with Crippen LogP contribution in [-0.4, -0.2) is 22.0 Å². The molecule has 0 spiro atoms. The Labute approximate surface area is 128 Å². The molecule has 10 heteroatoms. The summed E-state index contributed by atoms with van der Waals surface area (Å²) in [5.41, 5.74) is 9.67. The Kier molecular flexibility index (Phi) is 4.36. The molecule has 23 heavy (non-hydrogen) atoms. The van der Waals surface area contributed by atoms with Gasteiger partial charge in [0.25, 0.3) is 5.69 Å². The van der Waals surface area contributed by atoms with Gasteiger partial charge in [0, 0.05) is 12.3 Å². The minimum Gasteiger partial charge on any atom is -0.457 e. The standard InChI is InChI=1S/C13H10N4O6/c14-9-2-1-7(6-11(9)17(20)21)22-8-3-4-16-10(5-8)12(18)23-13(15)19/h1-6H,14H2,(H2,15,19). The van der Waals surface area contributed by atoms with Crippen molar-refractivity contribution >= 4 is 23.4 Å². The number of anilines is 1. The fourth-order valence-corrected chi connectivity index (χ4v) is 1.61. The van der Waals surface area contributed by atoms with E-state index in [2.05, 4.69) is 9.72 Å². The van der Waals surface area contributed by atoms with E-state index in [1.165, 1.54) is 30.5 Å². The molecule has 0 aliphatic rings. The molecule has 1 heterocycles. The van der Waals surface area contributed by atoms with E-state index in [4.69, 9.17) is 16.2 Å². The van der Waals surface area contributed by atoms with Crippen LogP contribution < -0.4 is 16.2 Å². The summed E-state index contributed by atoms with van der Waals surface area (Å²) < 4.78 is 9.58. The number of nitrogen functional groups attached to an aromatic ring is 1. The lowest BCUT2D eigenvalue weighted by Gasteiger charge is -2.07. The molecule has 1 aromatic heterocycles. The predicted molar refractivity (Wildman–Crippen MR) is 76.8 cm³/mol. The highest BCUT2D eigenvalue weighted by Gasteiger charge is 2.15. The highest BCUT2D eigenvalue weighted by molar-refractivity contribution is 5.94. The summed E-state index contributed by atoms with van der Waals surface area (Å²) in [5.74, 6) is -0.770. The Bertz CT molecular complexity index is 792. The maximum Gasteiger partial charge on any atom is 0.412 e. The van der Waals surface area contributed by atoms with Crippen LogP contribution in [0.25, 0.3) is 0 Å². The average molecular weight is 318 g/mol. The number of nitro groups is 1. The molecule has 4 N–H and O–H groups in total. The number of nitrogens with zero attached hydrogens (tertiary/aromatic N) is 2. The highest BCUT2D eigenvalue weighted by Crippen LogP contribution is 2.29. The van der Waals surface area contributed by atoms with Gasteiger partial charge in [-0.3, -0.25) is 10.1 Å². The van der Waals surface area contributed by atoms with E-state index in [0.29, 0.717) is 0 Å². The maximum absolute atomic E-state index is 11.5. The fourth-order valence-electron chi connectivity index (χ4n) is 1.61. The Morgan fingerprint density at radius 1 is 1.17 bits per heavy atom. The number of hydrogen-bond donors (Lipinski definition) is 2. The van der Waals surface area contributed by atoms with Crippen LogP contribution in [0.4, 0.5) is 16.2 Å². The molecule has 0 atom stereocenters. The van der Waals surface area contributed by atoms with Gasteiger partial charge in [-0.2, -0.15) is 0 Å². The molecule has 0 saturated heterocycles. The Balaban J connectivity index is 2.24. The smallest absolute Gasteiger partial charge is 0.412 e. The zero-order chi connectivity index (χ0) is 17.0. The molecular weight excluding hydrogens is 308 g/mol. The molecule has 0 aliphatic carbocycles. The van der Waals surface area contributed by atoms with Gasteiger partial charge in [-0.25, -0.2) is 14.6 Å². The molecule has 0 radical (unpaired) electrons. The first kappa shape index (κ1) is 15.7. The maximum atomic E-state index is 11.5. The third-order valence-corrected chi connectivity index (χ3v) is 2.57. The van der Waals surface area contributed by atoms with Gasteiger partial charge in [-0.15, -0.1) is 0 Å². The number of pyridine rings is 1. The Morgan fingerprint density at radius 2 is 1.87 bits per heavy atom. The number of hydrogen-bond acceptors (Lipinski definition) is 8. The second kappa shape index (κ2) is 6.39. The largest absolute Gasteiger partial charge is 0.457 e. The molecule has 0 unspecified atom stereocenters. The third kappa shape index (κ3) is 3.91. The van der Waals surface area contributed by atoms with Gasteiger partial charge in [0.05, 0.1) is 11.0 Å². The Hall–Kier alpha value is -3.69. The minimum atomic E-state index is -1.27.